The first kappa shape index (κ1) is 14.0. The number of rotatable bonds is 4. The van der Waals surface area contributed by atoms with E-state index in [-0.39, 0.29) is 5.97 Å². The van der Waals surface area contributed by atoms with Gasteiger partial charge in [-0.05, 0) is 53.9 Å². The molecule has 5 nitrogen and oxygen atoms in total. The second-order valence-electron chi connectivity index (χ2n) is 4.24. The Morgan fingerprint density at radius 3 is 2.79 bits per heavy atom. The van der Waals surface area contributed by atoms with E-state index in [2.05, 4.69) is 26.3 Å². The van der Waals surface area contributed by atoms with E-state index in [9.17, 15) is 4.79 Å². The van der Waals surface area contributed by atoms with Crippen LogP contribution in [0.3, 0.4) is 0 Å². The zero-order valence-corrected chi connectivity index (χ0v) is 12.4. The van der Waals surface area contributed by atoms with Gasteiger partial charge in [0.05, 0.1) is 12.2 Å². The number of carbonyl (C=O) groups is 1. The number of benzene rings is 1. The monoisotopic (exact) mass is 325 g/mol. The summed E-state index contributed by atoms with van der Waals surface area (Å²) in [7, 11) is 0. The minimum atomic E-state index is -0.328. The molecule has 0 unspecified atom stereocenters. The van der Waals surface area contributed by atoms with Crippen molar-refractivity contribution in [1.82, 2.24) is 5.01 Å². The Hall–Kier alpha value is -1.43. The molecule has 19 heavy (non-hydrogen) atoms. The molecule has 1 aliphatic rings. The van der Waals surface area contributed by atoms with E-state index in [0.29, 0.717) is 17.9 Å². The van der Waals surface area contributed by atoms with Gasteiger partial charge in [-0.1, -0.05) is 5.22 Å². The maximum Gasteiger partial charge on any atom is 0.338 e. The quantitative estimate of drug-likeness (QED) is 0.626. The van der Waals surface area contributed by atoms with Crippen LogP contribution in [0.4, 0.5) is 5.69 Å². The normalized spacial score (nSPS) is 15.2. The molecule has 0 aromatic heterocycles. The van der Waals surface area contributed by atoms with Crippen molar-refractivity contribution in [3.63, 3.8) is 0 Å². The van der Waals surface area contributed by atoms with Gasteiger partial charge in [-0.2, -0.15) is 0 Å². The number of nitrogens with zero attached hydrogens (tertiary/aromatic N) is 3. The van der Waals surface area contributed by atoms with Crippen molar-refractivity contribution in [2.75, 3.05) is 19.7 Å². The van der Waals surface area contributed by atoms with E-state index in [4.69, 9.17) is 4.74 Å². The fourth-order valence-electron chi connectivity index (χ4n) is 1.83. The zero-order chi connectivity index (χ0) is 13.7. The highest BCUT2D eigenvalue weighted by molar-refractivity contribution is 9.10. The molecule has 2 rings (SSSR count). The number of hydrogen-bond acceptors (Lipinski definition) is 4. The fourth-order valence-corrected chi connectivity index (χ4v) is 2.29. The summed E-state index contributed by atoms with van der Waals surface area (Å²) in [5, 5.41) is 10.3. The summed E-state index contributed by atoms with van der Waals surface area (Å²) >= 11 is 3.40. The molecule has 6 heteroatoms. The van der Waals surface area contributed by atoms with E-state index < -0.39 is 0 Å². The lowest BCUT2D eigenvalue weighted by molar-refractivity contribution is 0.0526. The van der Waals surface area contributed by atoms with Gasteiger partial charge in [0.1, 0.15) is 5.69 Å². The van der Waals surface area contributed by atoms with Gasteiger partial charge in [0.25, 0.3) is 0 Å². The first-order valence-corrected chi connectivity index (χ1v) is 7.13. The average molecular weight is 326 g/mol. The molecule has 0 saturated carbocycles. The molecular weight excluding hydrogens is 310 g/mol. The van der Waals surface area contributed by atoms with Crippen LogP contribution in [0.1, 0.15) is 30.1 Å². The summed E-state index contributed by atoms with van der Waals surface area (Å²) in [5.41, 5.74) is 1.22. The summed E-state index contributed by atoms with van der Waals surface area (Å²) in [4.78, 5) is 11.6. The van der Waals surface area contributed by atoms with Crippen molar-refractivity contribution in [2.45, 2.75) is 19.8 Å². The van der Waals surface area contributed by atoms with Gasteiger partial charge in [-0.15, -0.1) is 5.11 Å². The number of carbonyl (C=O) groups excluding carboxylic acids is 1. The highest BCUT2D eigenvalue weighted by Gasteiger charge is 2.11. The molecular formula is C13H16BrN3O2. The second-order valence-corrected chi connectivity index (χ2v) is 5.09. The molecule has 1 saturated heterocycles. The van der Waals surface area contributed by atoms with Gasteiger partial charge in [0, 0.05) is 17.6 Å². The number of ether oxygens (including phenoxy) is 1. The minimum absolute atomic E-state index is 0.328. The van der Waals surface area contributed by atoms with E-state index >= 15 is 0 Å². The van der Waals surface area contributed by atoms with Crippen LogP contribution < -0.4 is 0 Å². The molecule has 0 bridgehead atoms. The molecule has 0 radical (unpaired) electrons. The Balaban J connectivity index is 2.08. The smallest absolute Gasteiger partial charge is 0.338 e. The molecule has 1 fully saturated rings. The molecule has 102 valence electrons. The molecule has 0 spiro atoms. The highest BCUT2D eigenvalue weighted by atomic mass is 79.9. The predicted octanol–water partition coefficient (Wildman–Crippen LogP) is 3.72. The maximum absolute atomic E-state index is 11.6. The van der Waals surface area contributed by atoms with Crippen LogP contribution in [-0.4, -0.2) is 30.7 Å². The standard InChI is InChI=1S/C13H16BrN3O2/c1-2-19-13(18)10-5-6-12(11(14)9-10)15-16-17-7-3-4-8-17/h5-6,9H,2-4,7-8H2,1H3. The lowest BCUT2D eigenvalue weighted by Crippen LogP contribution is -2.09. The lowest BCUT2D eigenvalue weighted by Gasteiger charge is -2.07. The van der Waals surface area contributed by atoms with Crippen LogP contribution in [0.2, 0.25) is 0 Å². The summed E-state index contributed by atoms with van der Waals surface area (Å²) in [6.45, 7) is 4.07. The third-order valence-electron chi connectivity index (χ3n) is 2.82. The highest BCUT2D eigenvalue weighted by Crippen LogP contribution is 2.27. The summed E-state index contributed by atoms with van der Waals surface area (Å²) in [5.74, 6) is -0.328. The summed E-state index contributed by atoms with van der Waals surface area (Å²) < 4.78 is 5.68. The van der Waals surface area contributed by atoms with Crippen LogP contribution in [0, 0.1) is 0 Å². The lowest BCUT2D eigenvalue weighted by atomic mass is 10.2. The molecule has 0 amide bonds. The predicted molar refractivity (Wildman–Crippen MR) is 75.4 cm³/mol. The molecule has 0 aliphatic carbocycles. The third kappa shape index (κ3) is 3.76. The van der Waals surface area contributed by atoms with E-state index in [1.54, 1.807) is 25.1 Å². The average Bonchev–Trinajstić information content (AvgIpc) is 2.90. The second kappa shape index (κ2) is 6.65. The SMILES string of the molecule is CCOC(=O)c1ccc(N=NN2CCCC2)c(Br)c1. The number of esters is 1. The summed E-state index contributed by atoms with van der Waals surface area (Å²) in [6.07, 6.45) is 2.34. The van der Waals surface area contributed by atoms with Crippen molar-refractivity contribution in [2.24, 2.45) is 10.3 Å². The maximum atomic E-state index is 11.6. The molecule has 1 aromatic carbocycles. The van der Waals surface area contributed by atoms with Crippen molar-refractivity contribution in [3.05, 3.63) is 28.2 Å². The molecule has 1 aliphatic heterocycles. The molecule has 1 heterocycles. The zero-order valence-electron chi connectivity index (χ0n) is 10.8. The van der Waals surface area contributed by atoms with Crippen LogP contribution in [0.5, 0.6) is 0 Å². The van der Waals surface area contributed by atoms with Crippen molar-refractivity contribution in [1.29, 1.82) is 0 Å². The van der Waals surface area contributed by atoms with Crippen LogP contribution in [-0.2, 0) is 4.74 Å². The van der Waals surface area contributed by atoms with Crippen molar-refractivity contribution >= 4 is 27.6 Å². The van der Waals surface area contributed by atoms with Gasteiger partial charge >= 0.3 is 5.97 Å². The minimum Gasteiger partial charge on any atom is -0.462 e. The summed E-state index contributed by atoms with van der Waals surface area (Å²) in [6, 6.07) is 5.16. The Bertz CT molecular complexity index is 485. The van der Waals surface area contributed by atoms with E-state index in [0.717, 1.165) is 17.6 Å². The van der Waals surface area contributed by atoms with E-state index in [1.165, 1.54) is 12.8 Å². The van der Waals surface area contributed by atoms with Gasteiger partial charge in [0.2, 0.25) is 0 Å². The van der Waals surface area contributed by atoms with Crippen LogP contribution in [0.25, 0.3) is 0 Å². The Morgan fingerprint density at radius 2 is 2.16 bits per heavy atom. The fraction of sp³-hybridized carbons (Fsp3) is 0.462. The number of hydrogen-bond donors (Lipinski definition) is 0. The first-order valence-electron chi connectivity index (χ1n) is 6.34. The Morgan fingerprint density at radius 1 is 1.42 bits per heavy atom. The van der Waals surface area contributed by atoms with Gasteiger partial charge in [0.15, 0.2) is 0 Å². The van der Waals surface area contributed by atoms with Crippen molar-refractivity contribution in [3.8, 4) is 0 Å². The van der Waals surface area contributed by atoms with Gasteiger partial charge in [-0.3, -0.25) is 5.01 Å². The molecule has 0 atom stereocenters. The van der Waals surface area contributed by atoms with Gasteiger partial charge in [-0.25, -0.2) is 4.79 Å². The topological polar surface area (TPSA) is 54.3 Å². The largest absolute Gasteiger partial charge is 0.462 e. The van der Waals surface area contributed by atoms with Crippen LogP contribution >= 0.6 is 15.9 Å². The Kier molecular flexibility index (Phi) is 4.90. The van der Waals surface area contributed by atoms with E-state index in [1.807, 2.05) is 5.01 Å². The van der Waals surface area contributed by atoms with Gasteiger partial charge < -0.3 is 4.74 Å². The van der Waals surface area contributed by atoms with Crippen molar-refractivity contribution < 1.29 is 9.53 Å². The molecule has 1 aromatic rings. The Labute approximate surface area is 120 Å². The van der Waals surface area contributed by atoms with Crippen LogP contribution in [0.15, 0.2) is 33.0 Å². The number of halogens is 1. The first-order chi connectivity index (χ1) is 9.20. The third-order valence-corrected chi connectivity index (χ3v) is 3.46. The molecule has 0 N–H and O–H groups in total.